The molecular weight excluding hydrogens is 357 g/mol. The third kappa shape index (κ3) is 8.25. The van der Waals surface area contributed by atoms with E-state index in [1.807, 2.05) is 51.0 Å². The van der Waals surface area contributed by atoms with Crippen LogP contribution in [0.4, 0.5) is 0 Å². The third-order valence-electron chi connectivity index (χ3n) is 4.40. The fraction of sp³-hybridized carbons (Fsp3) is 0.500. The van der Waals surface area contributed by atoms with Crippen molar-refractivity contribution in [3.63, 3.8) is 0 Å². The number of aryl methyl sites for hydroxylation is 2. The normalized spacial score (nSPS) is 12.3. The molecule has 0 bridgehead atoms. The molecular formula is C20H32BN3O4. The Morgan fingerprint density at radius 1 is 1.25 bits per heavy atom. The second kappa shape index (κ2) is 11.6. The molecule has 0 aliphatic rings. The van der Waals surface area contributed by atoms with Gasteiger partial charge in [0.05, 0.1) is 12.5 Å². The van der Waals surface area contributed by atoms with Crippen LogP contribution in [0.5, 0.6) is 0 Å². The Morgan fingerprint density at radius 2 is 1.93 bits per heavy atom. The van der Waals surface area contributed by atoms with Gasteiger partial charge in [-0.3, -0.25) is 9.59 Å². The zero-order valence-corrected chi connectivity index (χ0v) is 17.5. The average Bonchev–Trinajstić information content (AvgIpc) is 2.60. The van der Waals surface area contributed by atoms with Gasteiger partial charge < -0.3 is 25.2 Å². The fourth-order valence-corrected chi connectivity index (χ4v) is 2.78. The smallest absolute Gasteiger partial charge is 0.426 e. The van der Waals surface area contributed by atoms with Crippen molar-refractivity contribution in [1.29, 1.82) is 0 Å². The molecule has 0 unspecified atom stereocenters. The molecule has 0 saturated heterocycles. The van der Waals surface area contributed by atoms with E-state index in [0.29, 0.717) is 19.5 Å². The number of rotatable bonds is 10. The van der Waals surface area contributed by atoms with Crippen LogP contribution in [0, 0.1) is 13.8 Å². The van der Waals surface area contributed by atoms with Crippen molar-refractivity contribution < 1.29 is 19.6 Å². The number of carbonyl (C=O) groups is 2. The van der Waals surface area contributed by atoms with Crippen molar-refractivity contribution in [2.24, 2.45) is 0 Å². The first-order valence-electron chi connectivity index (χ1n) is 9.45. The van der Waals surface area contributed by atoms with Gasteiger partial charge in [-0.15, -0.1) is 0 Å². The molecule has 0 fully saturated rings. The van der Waals surface area contributed by atoms with Crippen LogP contribution in [0.15, 0.2) is 30.4 Å². The van der Waals surface area contributed by atoms with Crippen LogP contribution >= 0.6 is 0 Å². The van der Waals surface area contributed by atoms with Gasteiger partial charge in [0.2, 0.25) is 11.8 Å². The monoisotopic (exact) mass is 389 g/mol. The van der Waals surface area contributed by atoms with E-state index >= 15 is 0 Å². The minimum absolute atomic E-state index is 0.141. The highest BCUT2D eigenvalue weighted by molar-refractivity contribution is 6.43. The van der Waals surface area contributed by atoms with Gasteiger partial charge in [-0.25, -0.2) is 0 Å². The van der Waals surface area contributed by atoms with Gasteiger partial charge >= 0.3 is 7.12 Å². The number of likely N-dealkylation sites (N-methyl/N-ethyl adjacent to an activating group) is 2. The molecule has 0 radical (unpaired) electrons. The minimum atomic E-state index is -1.70. The summed E-state index contributed by atoms with van der Waals surface area (Å²) in [5, 5.41) is 22.0. The molecule has 1 aromatic carbocycles. The Balaban J connectivity index is 2.72. The first-order chi connectivity index (χ1) is 13.1. The molecule has 7 nitrogen and oxygen atoms in total. The summed E-state index contributed by atoms with van der Waals surface area (Å²) in [6.07, 6.45) is 3.48. The third-order valence-corrected chi connectivity index (χ3v) is 4.40. The molecule has 1 rings (SSSR count). The lowest BCUT2D eigenvalue weighted by Crippen LogP contribution is -2.51. The second-order valence-corrected chi connectivity index (χ2v) is 7.24. The molecule has 1 aromatic rings. The molecule has 0 aliphatic carbocycles. The summed E-state index contributed by atoms with van der Waals surface area (Å²) in [6, 6.07) is 5.88. The summed E-state index contributed by atoms with van der Waals surface area (Å²) < 4.78 is 0. The predicted molar refractivity (Wildman–Crippen MR) is 112 cm³/mol. The Hall–Kier alpha value is -2.16. The van der Waals surface area contributed by atoms with Crippen molar-refractivity contribution in [2.75, 3.05) is 33.7 Å². The van der Waals surface area contributed by atoms with E-state index in [-0.39, 0.29) is 12.5 Å². The van der Waals surface area contributed by atoms with Crippen molar-refractivity contribution in [3.05, 3.63) is 47.0 Å². The first-order valence-corrected chi connectivity index (χ1v) is 9.45. The van der Waals surface area contributed by atoms with Gasteiger partial charge in [0.15, 0.2) is 0 Å². The molecule has 1 atom stereocenters. The van der Waals surface area contributed by atoms with Gasteiger partial charge in [0.1, 0.15) is 0 Å². The zero-order valence-electron chi connectivity index (χ0n) is 17.5. The Kier molecular flexibility index (Phi) is 9.92. The SMILES string of the molecule is CCN(CC(=O)N[C@@H](Cc1ccc(C)cc1C)B(O)O)C(=O)/C=C/CN(C)C. The number of amides is 2. The summed E-state index contributed by atoms with van der Waals surface area (Å²) in [5.74, 6) is -1.54. The van der Waals surface area contributed by atoms with Crippen molar-refractivity contribution in [2.45, 2.75) is 33.1 Å². The largest absolute Gasteiger partial charge is 0.475 e. The quantitative estimate of drug-likeness (QED) is 0.396. The minimum Gasteiger partial charge on any atom is -0.426 e. The highest BCUT2D eigenvalue weighted by Gasteiger charge is 2.27. The highest BCUT2D eigenvalue weighted by Crippen LogP contribution is 2.13. The Bertz CT molecular complexity index is 692. The Morgan fingerprint density at radius 3 is 2.46 bits per heavy atom. The molecule has 28 heavy (non-hydrogen) atoms. The summed E-state index contributed by atoms with van der Waals surface area (Å²) in [7, 11) is 2.10. The lowest BCUT2D eigenvalue weighted by Gasteiger charge is -2.23. The van der Waals surface area contributed by atoms with Crippen LogP contribution in [-0.4, -0.2) is 78.5 Å². The summed E-state index contributed by atoms with van der Waals surface area (Å²) in [4.78, 5) is 27.9. The van der Waals surface area contributed by atoms with Crippen molar-refractivity contribution >= 4 is 18.9 Å². The lowest BCUT2D eigenvalue weighted by atomic mass is 9.75. The van der Waals surface area contributed by atoms with Crippen LogP contribution in [0.3, 0.4) is 0 Å². The number of nitrogens with one attached hydrogen (secondary N) is 1. The molecule has 0 aromatic heterocycles. The predicted octanol–water partition coefficient (Wildman–Crippen LogP) is 0.309. The molecule has 0 saturated carbocycles. The molecule has 2 amide bonds. The van der Waals surface area contributed by atoms with Crippen LogP contribution in [-0.2, 0) is 16.0 Å². The maximum atomic E-state index is 12.4. The van der Waals surface area contributed by atoms with Crippen LogP contribution < -0.4 is 5.32 Å². The molecule has 0 spiro atoms. The molecule has 154 valence electrons. The van der Waals surface area contributed by atoms with E-state index in [0.717, 1.165) is 16.7 Å². The fourth-order valence-electron chi connectivity index (χ4n) is 2.78. The van der Waals surface area contributed by atoms with E-state index in [2.05, 4.69) is 5.32 Å². The number of hydrogen-bond acceptors (Lipinski definition) is 5. The van der Waals surface area contributed by atoms with Gasteiger partial charge in [0, 0.05) is 19.2 Å². The van der Waals surface area contributed by atoms with Crippen molar-refractivity contribution in [1.82, 2.24) is 15.1 Å². The van der Waals surface area contributed by atoms with Crippen molar-refractivity contribution in [3.8, 4) is 0 Å². The number of carbonyl (C=O) groups excluding carboxylic acids is 2. The maximum Gasteiger partial charge on any atom is 0.475 e. The zero-order chi connectivity index (χ0) is 21.3. The van der Waals surface area contributed by atoms with E-state index in [1.165, 1.54) is 11.0 Å². The van der Waals surface area contributed by atoms with E-state index in [4.69, 9.17) is 0 Å². The van der Waals surface area contributed by atoms with E-state index in [1.54, 1.807) is 13.0 Å². The van der Waals surface area contributed by atoms with E-state index < -0.39 is 19.0 Å². The molecule has 8 heteroatoms. The van der Waals surface area contributed by atoms with Crippen LogP contribution in [0.2, 0.25) is 0 Å². The second-order valence-electron chi connectivity index (χ2n) is 7.24. The standard InChI is InChI=1S/C20H32BN3O4/c1-6-24(20(26)8-7-11-23(4)5)14-19(25)22-18(21(27)28)13-17-10-9-15(2)12-16(17)3/h7-10,12,18,27-28H,6,11,13-14H2,1-5H3,(H,22,25)/b8-7+/t18-/m0/s1. The summed E-state index contributed by atoms with van der Waals surface area (Å²) in [6.45, 7) is 6.59. The number of hydrogen-bond donors (Lipinski definition) is 3. The van der Waals surface area contributed by atoms with Gasteiger partial charge in [-0.05, 0) is 52.4 Å². The molecule has 0 aliphatic heterocycles. The van der Waals surface area contributed by atoms with Crippen LogP contribution in [0.1, 0.15) is 23.6 Å². The summed E-state index contributed by atoms with van der Waals surface area (Å²) in [5.41, 5.74) is 3.07. The van der Waals surface area contributed by atoms with Gasteiger partial charge in [-0.2, -0.15) is 0 Å². The number of nitrogens with zero attached hydrogens (tertiary/aromatic N) is 2. The first kappa shape index (κ1) is 23.9. The summed E-state index contributed by atoms with van der Waals surface area (Å²) >= 11 is 0. The van der Waals surface area contributed by atoms with Gasteiger partial charge in [0.25, 0.3) is 0 Å². The van der Waals surface area contributed by atoms with Crippen LogP contribution in [0.25, 0.3) is 0 Å². The number of benzene rings is 1. The average molecular weight is 389 g/mol. The van der Waals surface area contributed by atoms with Gasteiger partial charge in [-0.1, -0.05) is 29.8 Å². The lowest BCUT2D eigenvalue weighted by molar-refractivity contribution is -0.132. The van der Waals surface area contributed by atoms with E-state index in [9.17, 15) is 19.6 Å². The highest BCUT2D eigenvalue weighted by atomic mass is 16.4. The molecule has 0 heterocycles. The molecule has 3 N–H and O–H groups in total. The Labute approximate surface area is 168 Å². The topological polar surface area (TPSA) is 93.1 Å². The maximum absolute atomic E-state index is 12.4.